The molecule has 1 aromatic rings. The fourth-order valence-electron chi connectivity index (χ4n) is 1.88. The van der Waals surface area contributed by atoms with Gasteiger partial charge in [0.05, 0.1) is 6.54 Å². The van der Waals surface area contributed by atoms with Gasteiger partial charge in [-0.1, -0.05) is 23.7 Å². The number of carboxylic acids is 1. The highest BCUT2D eigenvalue weighted by molar-refractivity contribution is 6.30. The summed E-state index contributed by atoms with van der Waals surface area (Å²) in [5.41, 5.74) is 1.03. The van der Waals surface area contributed by atoms with Crippen LogP contribution in [0.3, 0.4) is 0 Å². The van der Waals surface area contributed by atoms with E-state index in [1.54, 1.807) is 0 Å². The molecule has 1 atom stereocenters. The molecule has 0 aromatic heterocycles. The Morgan fingerprint density at radius 2 is 2.06 bits per heavy atom. The first kappa shape index (κ1) is 14.0. The maximum Gasteiger partial charge on any atom is 0.317 e. The second kappa shape index (κ2) is 6.03. The van der Waals surface area contributed by atoms with Crippen molar-refractivity contribution in [2.24, 2.45) is 0 Å². The van der Waals surface area contributed by atoms with Crippen LogP contribution >= 0.6 is 11.6 Å². The van der Waals surface area contributed by atoms with Crippen molar-refractivity contribution < 1.29 is 9.90 Å². The molecule has 17 heavy (non-hydrogen) atoms. The quantitative estimate of drug-likeness (QED) is 0.878. The van der Waals surface area contributed by atoms with Crippen LogP contribution in [0.15, 0.2) is 24.3 Å². The Bertz CT molecular complexity index is 393. The Hall–Kier alpha value is -1.06. The predicted octanol–water partition coefficient (Wildman–Crippen LogP) is 3.20. The summed E-state index contributed by atoms with van der Waals surface area (Å²) in [7, 11) is 0. The molecule has 0 heterocycles. The van der Waals surface area contributed by atoms with E-state index < -0.39 is 5.97 Å². The molecule has 0 aliphatic rings. The molecule has 0 aliphatic carbocycles. The molecule has 0 bridgehead atoms. The molecule has 94 valence electrons. The van der Waals surface area contributed by atoms with Crippen molar-refractivity contribution in [3.8, 4) is 0 Å². The monoisotopic (exact) mass is 255 g/mol. The zero-order valence-corrected chi connectivity index (χ0v) is 11.1. The van der Waals surface area contributed by atoms with E-state index in [0.717, 1.165) is 5.56 Å². The van der Waals surface area contributed by atoms with E-state index >= 15 is 0 Å². The number of nitrogens with zero attached hydrogens (tertiary/aromatic N) is 1. The average Bonchev–Trinajstić information content (AvgIpc) is 2.24. The van der Waals surface area contributed by atoms with Gasteiger partial charge in [0.2, 0.25) is 0 Å². The summed E-state index contributed by atoms with van der Waals surface area (Å²) < 4.78 is 0. The molecule has 4 heteroatoms. The lowest BCUT2D eigenvalue weighted by Gasteiger charge is -2.31. The number of hydrogen-bond acceptors (Lipinski definition) is 2. The van der Waals surface area contributed by atoms with Crippen LogP contribution in [0.5, 0.6) is 0 Å². The zero-order valence-electron chi connectivity index (χ0n) is 10.4. The number of rotatable bonds is 5. The Morgan fingerprint density at radius 3 is 2.53 bits per heavy atom. The average molecular weight is 256 g/mol. The molecule has 1 rings (SSSR count). The topological polar surface area (TPSA) is 40.5 Å². The van der Waals surface area contributed by atoms with Gasteiger partial charge >= 0.3 is 5.97 Å². The van der Waals surface area contributed by atoms with Gasteiger partial charge < -0.3 is 5.11 Å². The molecule has 3 nitrogen and oxygen atoms in total. The lowest BCUT2D eigenvalue weighted by Crippen LogP contribution is -2.37. The molecule has 0 amide bonds. The fourth-order valence-corrected chi connectivity index (χ4v) is 2.08. The molecular weight excluding hydrogens is 238 g/mol. The lowest BCUT2D eigenvalue weighted by molar-refractivity contribution is -0.139. The minimum Gasteiger partial charge on any atom is -0.480 e. The molecular formula is C13H18ClNO2. The Labute approximate surface area is 107 Å². The van der Waals surface area contributed by atoms with E-state index in [0.29, 0.717) is 5.02 Å². The van der Waals surface area contributed by atoms with Crippen LogP contribution in [-0.4, -0.2) is 28.6 Å². The second-order valence-electron chi connectivity index (χ2n) is 4.39. The minimum absolute atomic E-state index is 0.0322. The van der Waals surface area contributed by atoms with E-state index in [4.69, 9.17) is 16.7 Å². The molecule has 0 aliphatic heterocycles. The Balaban J connectivity index is 2.91. The first-order valence-corrected chi connectivity index (χ1v) is 6.02. The number of aliphatic carboxylic acids is 1. The number of hydrogen-bond donors (Lipinski definition) is 1. The van der Waals surface area contributed by atoms with E-state index in [1.165, 1.54) is 0 Å². The third-order valence-electron chi connectivity index (χ3n) is 2.81. The van der Waals surface area contributed by atoms with Crippen molar-refractivity contribution in [1.82, 2.24) is 4.90 Å². The molecule has 0 spiro atoms. The van der Waals surface area contributed by atoms with E-state index in [-0.39, 0.29) is 18.6 Å². The summed E-state index contributed by atoms with van der Waals surface area (Å²) in [5.74, 6) is -0.812. The van der Waals surface area contributed by atoms with E-state index in [2.05, 4.69) is 0 Å². The lowest BCUT2D eigenvalue weighted by atomic mass is 10.1. The zero-order chi connectivity index (χ0) is 13.0. The van der Waals surface area contributed by atoms with Gasteiger partial charge in [0, 0.05) is 17.1 Å². The third-order valence-corrected chi connectivity index (χ3v) is 3.04. The number of carbonyl (C=O) groups is 1. The van der Waals surface area contributed by atoms with Crippen LogP contribution < -0.4 is 0 Å². The maximum absolute atomic E-state index is 10.8. The highest BCUT2D eigenvalue weighted by Gasteiger charge is 2.21. The number of carboxylic acid groups (broad SMARTS) is 1. The van der Waals surface area contributed by atoms with Crippen molar-refractivity contribution in [2.75, 3.05) is 6.54 Å². The van der Waals surface area contributed by atoms with Crippen molar-refractivity contribution >= 4 is 17.6 Å². The van der Waals surface area contributed by atoms with E-state index in [1.807, 2.05) is 49.9 Å². The fraction of sp³-hybridized carbons (Fsp3) is 0.462. The van der Waals surface area contributed by atoms with Crippen LogP contribution in [0, 0.1) is 0 Å². The summed E-state index contributed by atoms with van der Waals surface area (Å²) in [6.45, 7) is 6.01. The van der Waals surface area contributed by atoms with Gasteiger partial charge in [-0.05, 0) is 38.5 Å². The summed E-state index contributed by atoms with van der Waals surface area (Å²) in [4.78, 5) is 12.8. The van der Waals surface area contributed by atoms with Crippen LogP contribution in [-0.2, 0) is 4.79 Å². The van der Waals surface area contributed by atoms with Gasteiger partial charge in [-0.15, -0.1) is 0 Å². The van der Waals surface area contributed by atoms with Gasteiger partial charge in [0.25, 0.3) is 0 Å². The standard InChI is InChI=1S/C13H18ClNO2/c1-9(2)15(8-13(16)17)10(3)11-5-4-6-12(14)7-11/h4-7,9-10H,8H2,1-3H3,(H,16,17)/t10-/m1/s1. The summed E-state index contributed by atoms with van der Waals surface area (Å²) in [6.07, 6.45) is 0. The first-order chi connectivity index (χ1) is 7.91. The SMILES string of the molecule is CC(C)N(CC(=O)O)[C@H](C)c1cccc(Cl)c1. The van der Waals surface area contributed by atoms with Crippen molar-refractivity contribution in [3.05, 3.63) is 34.9 Å². The Kier molecular flexibility index (Phi) is 4.97. The smallest absolute Gasteiger partial charge is 0.317 e. The normalized spacial score (nSPS) is 13.1. The molecule has 0 saturated carbocycles. The summed E-state index contributed by atoms with van der Waals surface area (Å²) >= 11 is 5.94. The van der Waals surface area contributed by atoms with Crippen LogP contribution in [0.2, 0.25) is 5.02 Å². The number of benzene rings is 1. The van der Waals surface area contributed by atoms with Crippen LogP contribution in [0.1, 0.15) is 32.4 Å². The van der Waals surface area contributed by atoms with Gasteiger partial charge in [-0.25, -0.2) is 0 Å². The van der Waals surface area contributed by atoms with Gasteiger partial charge in [-0.3, -0.25) is 9.69 Å². The summed E-state index contributed by atoms with van der Waals surface area (Å²) in [6, 6.07) is 7.74. The van der Waals surface area contributed by atoms with Gasteiger partial charge in [-0.2, -0.15) is 0 Å². The maximum atomic E-state index is 10.8. The van der Waals surface area contributed by atoms with Crippen LogP contribution in [0.4, 0.5) is 0 Å². The van der Waals surface area contributed by atoms with Gasteiger partial charge in [0.15, 0.2) is 0 Å². The largest absolute Gasteiger partial charge is 0.480 e. The first-order valence-electron chi connectivity index (χ1n) is 5.64. The number of halogens is 1. The molecule has 0 radical (unpaired) electrons. The third kappa shape index (κ3) is 4.02. The minimum atomic E-state index is -0.812. The molecule has 1 N–H and O–H groups in total. The highest BCUT2D eigenvalue weighted by atomic mass is 35.5. The molecule has 1 aromatic carbocycles. The van der Waals surface area contributed by atoms with Gasteiger partial charge in [0.1, 0.15) is 0 Å². The van der Waals surface area contributed by atoms with Crippen molar-refractivity contribution in [3.63, 3.8) is 0 Å². The molecule has 0 saturated heterocycles. The van der Waals surface area contributed by atoms with Crippen LogP contribution in [0.25, 0.3) is 0 Å². The Morgan fingerprint density at radius 1 is 1.41 bits per heavy atom. The highest BCUT2D eigenvalue weighted by Crippen LogP contribution is 2.24. The van der Waals surface area contributed by atoms with Crippen molar-refractivity contribution in [1.29, 1.82) is 0 Å². The predicted molar refractivity (Wildman–Crippen MR) is 69.3 cm³/mol. The molecule has 0 unspecified atom stereocenters. The summed E-state index contributed by atoms with van der Waals surface area (Å²) in [5, 5.41) is 9.59. The van der Waals surface area contributed by atoms with E-state index in [9.17, 15) is 4.79 Å². The second-order valence-corrected chi connectivity index (χ2v) is 4.83. The van der Waals surface area contributed by atoms with Crippen molar-refractivity contribution in [2.45, 2.75) is 32.9 Å². The molecule has 0 fully saturated rings.